The predicted molar refractivity (Wildman–Crippen MR) is 105 cm³/mol. The molecule has 0 aromatic heterocycles. The second kappa shape index (κ2) is 10.4. The zero-order valence-corrected chi connectivity index (χ0v) is 19.7. The maximum atomic E-state index is 11.3. The quantitative estimate of drug-likeness (QED) is 0.368. The second-order valence-corrected chi connectivity index (χ2v) is 8.73. The fourth-order valence-corrected chi connectivity index (χ4v) is 3.64. The van der Waals surface area contributed by atoms with E-state index in [4.69, 9.17) is 9.47 Å². The zero-order chi connectivity index (χ0) is 20.1. The van der Waals surface area contributed by atoms with Crippen molar-refractivity contribution in [2.24, 2.45) is 5.92 Å². The smallest absolute Gasteiger partial charge is 0.412 e. The first-order chi connectivity index (χ1) is 12.6. The van der Waals surface area contributed by atoms with E-state index in [9.17, 15) is 9.59 Å². The van der Waals surface area contributed by atoms with E-state index in [1.54, 1.807) is 0 Å². The van der Waals surface area contributed by atoms with Gasteiger partial charge in [0.15, 0.2) is 6.10 Å². The van der Waals surface area contributed by atoms with Gasteiger partial charge < -0.3 is 37.9 Å². The summed E-state index contributed by atoms with van der Waals surface area (Å²) in [7, 11) is 2.27. The number of fused-ring (bicyclic) bond motifs is 3. The van der Waals surface area contributed by atoms with Crippen LogP contribution in [0.1, 0.15) is 40.5 Å². The van der Waals surface area contributed by atoms with Crippen LogP contribution in [-0.4, -0.2) is 54.9 Å². The number of ether oxygens (including phenoxy) is 2. The number of hydrogen-bond acceptors (Lipinski definition) is 4. The van der Waals surface area contributed by atoms with Crippen LogP contribution in [-0.2, 0) is 14.3 Å². The summed E-state index contributed by atoms with van der Waals surface area (Å²) in [6, 6.07) is 9.22. The van der Waals surface area contributed by atoms with Gasteiger partial charge in [0, 0.05) is 31.4 Å². The zero-order valence-electron chi connectivity index (χ0n) is 17.5. The molecular weight excluding hydrogens is 471 g/mol. The summed E-state index contributed by atoms with van der Waals surface area (Å²) >= 11 is 0. The summed E-state index contributed by atoms with van der Waals surface area (Å²) in [5, 5.41) is 2.64. The first-order valence-electron chi connectivity index (χ1n) is 9.62. The lowest BCUT2D eigenvalue weighted by Crippen LogP contribution is -3.00. The monoisotopic (exact) mass is 504 g/mol. The lowest BCUT2D eigenvalue weighted by molar-refractivity contribution is -0.928. The van der Waals surface area contributed by atoms with E-state index in [2.05, 4.69) is 12.4 Å². The Morgan fingerprint density at radius 1 is 1.11 bits per heavy atom. The highest BCUT2D eigenvalue weighted by atomic mass is 127. The van der Waals surface area contributed by atoms with E-state index in [0.29, 0.717) is 5.92 Å². The van der Waals surface area contributed by atoms with Gasteiger partial charge in [-0.25, -0.2) is 4.79 Å². The number of rotatable bonds is 2. The number of anilines is 1. The fraction of sp³-hybridized carbons (Fsp3) is 0.619. The number of carbonyl (C=O) groups is 2. The Kier molecular flexibility index (Phi) is 9.20. The van der Waals surface area contributed by atoms with Gasteiger partial charge in [-0.2, -0.15) is 0 Å². The Morgan fingerprint density at radius 2 is 1.68 bits per heavy atom. The predicted octanol–water partition coefficient (Wildman–Crippen LogP) is 0.826. The van der Waals surface area contributed by atoms with Crippen molar-refractivity contribution in [1.82, 2.24) is 0 Å². The van der Waals surface area contributed by atoms with Crippen molar-refractivity contribution >= 4 is 17.7 Å². The molecule has 1 aromatic rings. The minimum Gasteiger partial charge on any atom is -1.00 e. The maximum absolute atomic E-state index is 11.3. The first-order valence-corrected chi connectivity index (χ1v) is 9.62. The van der Waals surface area contributed by atoms with Gasteiger partial charge >= 0.3 is 12.1 Å². The molecule has 2 bridgehead atoms. The van der Waals surface area contributed by atoms with Crippen molar-refractivity contribution in [3.8, 4) is 0 Å². The van der Waals surface area contributed by atoms with E-state index >= 15 is 0 Å². The van der Waals surface area contributed by atoms with Crippen LogP contribution in [0, 0.1) is 5.92 Å². The lowest BCUT2D eigenvalue weighted by atomic mass is 9.84. The molecule has 0 aliphatic carbocycles. The Labute approximate surface area is 185 Å². The van der Waals surface area contributed by atoms with E-state index in [0.717, 1.165) is 16.7 Å². The highest BCUT2D eigenvalue weighted by Gasteiger charge is 2.44. The molecule has 3 saturated heterocycles. The van der Waals surface area contributed by atoms with E-state index in [-0.39, 0.29) is 36.0 Å². The van der Waals surface area contributed by atoms with Crippen molar-refractivity contribution in [3.05, 3.63) is 30.3 Å². The Hall–Kier alpha value is -1.35. The summed E-state index contributed by atoms with van der Waals surface area (Å²) in [5.74, 6) is 0.522. The van der Waals surface area contributed by atoms with Crippen molar-refractivity contribution in [3.63, 3.8) is 0 Å². The summed E-state index contributed by atoms with van der Waals surface area (Å²) in [5.41, 5.74) is 0.278. The largest absolute Gasteiger partial charge is 1.00 e. The number of likely N-dealkylation sites (N-methyl/N-ethyl adjacent to an activating group) is 1. The van der Waals surface area contributed by atoms with Crippen LogP contribution in [0.3, 0.4) is 0 Å². The third-order valence-electron chi connectivity index (χ3n) is 4.96. The molecule has 0 spiro atoms. The molecule has 1 N–H and O–H groups in total. The Balaban J connectivity index is 0.000000271. The van der Waals surface area contributed by atoms with Gasteiger partial charge in [-0.3, -0.25) is 10.1 Å². The molecule has 4 rings (SSSR count). The van der Waals surface area contributed by atoms with Crippen molar-refractivity contribution in [2.75, 3.05) is 32.0 Å². The highest BCUT2D eigenvalue weighted by molar-refractivity contribution is 5.84. The fourth-order valence-electron chi connectivity index (χ4n) is 3.64. The van der Waals surface area contributed by atoms with Crippen LogP contribution >= 0.6 is 0 Å². The van der Waals surface area contributed by atoms with Crippen LogP contribution in [0.5, 0.6) is 0 Å². The van der Waals surface area contributed by atoms with Crippen molar-refractivity contribution < 1.29 is 47.5 Å². The molecule has 0 unspecified atom stereocenters. The normalized spacial score (nSPS) is 25.5. The standard InChI is InChI=1S/C11H15NO2.C10H18NO2.HI/c1-11(2,3)14-10(13)12-9-7-5-4-6-8-9;1-8(12)13-10-7-11(2)5-3-9(10)4-6-11;/h4-8H,1-3H3,(H,12,13);9-10H,3-7H2,1-2H3;1H/q;+1;/p-1/t;9?,10-,11?;/m.0./s1. The third-order valence-corrected chi connectivity index (χ3v) is 4.96. The third kappa shape index (κ3) is 8.34. The molecule has 158 valence electrons. The second-order valence-electron chi connectivity index (χ2n) is 8.73. The number of amides is 1. The molecule has 6 nitrogen and oxygen atoms in total. The van der Waals surface area contributed by atoms with E-state index < -0.39 is 11.7 Å². The van der Waals surface area contributed by atoms with Crippen LogP contribution in [0.2, 0.25) is 0 Å². The molecule has 3 heterocycles. The summed E-state index contributed by atoms with van der Waals surface area (Å²) in [4.78, 5) is 22.2. The summed E-state index contributed by atoms with van der Waals surface area (Å²) in [6.07, 6.45) is 2.23. The lowest BCUT2D eigenvalue weighted by Gasteiger charge is -2.49. The highest BCUT2D eigenvalue weighted by Crippen LogP contribution is 2.33. The van der Waals surface area contributed by atoms with Gasteiger partial charge in [0.05, 0.1) is 20.1 Å². The SMILES string of the molecule is CC(=O)O[C@H]1C[N+]2(C)CCC1CC2.CC(C)(C)OC(=O)Nc1ccccc1.[I-]. The van der Waals surface area contributed by atoms with Crippen molar-refractivity contribution in [2.45, 2.75) is 52.2 Å². The van der Waals surface area contributed by atoms with Gasteiger partial charge in [0.25, 0.3) is 0 Å². The van der Waals surface area contributed by atoms with Gasteiger partial charge in [-0.1, -0.05) is 18.2 Å². The number of benzene rings is 1. The molecule has 1 amide bonds. The number of quaternary nitrogens is 1. The van der Waals surface area contributed by atoms with Gasteiger partial charge in [-0.15, -0.1) is 0 Å². The molecule has 7 heteroatoms. The molecule has 1 aromatic carbocycles. The van der Waals surface area contributed by atoms with Crippen LogP contribution < -0.4 is 29.3 Å². The van der Waals surface area contributed by atoms with Crippen LogP contribution in [0.15, 0.2) is 30.3 Å². The van der Waals surface area contributed by atoms with Gasteiger partial charge in [0.2, 0.25) is 0 Å². The van der Waals surface area contributed by atoms with Crippen LogP contribution in [0.4, 0.5) is 10.5 Å². The molecule has 0 saturated carbocycles. The van der Waals surface area contributed by atoms with E-state index in [1.165, 1.54) is 32.9 Å². The Bertz CT molecular complexity index is 638. The molecule has 3 aliphatic heterocycles. The van der Waals surface area contributed by atoms with Gasteiger partial charge in [-0.05, 0) is 32.9 Å². The topological polar surface area (TPSA) is 64.6 Å². The first kappa shape index (κ1) is 24.7. The van der Waals surface area contributed by atoms with E-state index in [1.807, 2.05) is 51.1 Å². The molecule has 28 heavy (non-hydrogen) atoms. The van der Waals surface area contributed by atoms with Crippen LogP contribution in [0.25, 0.3) is 0 Å². The number of esters is 1. The number of nitrogens with one attached hydrogen (secondary N) is 1. The summed E-state index contributed by atoms with van der Waals surface area (Å²) < 4.78 is 11.5. The molecule has 0 radical (unpaired) electrons. The summed E-state index contributed by atoms with van der Waals surface area (Å²) in [6.45, 7) is 10.6. The molecular formula is C21H33IN2O4. The maximum Gasteiger partial charge on any atom is 0.412 e. The Morgan fingerprint density at radius 3 is 2.14 bits per heavy atom. The minimum absolute atomic E-state index is 0. The number of halogens is 1. The number of nitrogens with zero attached hydrogens (tertiary/aromatic N) is 1. The molecule has 3 fully saturated rings. The number of para-hydroxylation sites is 1. The van der Waals surface area contributed by atoms with Crippen molar-refractivity contribution in [1.29, 1.82) is 0 Å². The average Bonchev–Trinajstić information content (AvgIpc) is 2.54. The number of piperidine rings is 3. The van der Waals surface area contributed by atoms with Gasteiger partial charge in [0.1, 0.15) is 12.1 Å². The number of carbonyl (C=O) groups excluding carboxylic acids is 2. The number of hydrogen-bond donors (Lipinski definition) is 1. The molecule has 3 aliphatic rings. The average molecular weight is 504 g/mol. The minimum atomic E-state index is -0.459. The molecule has 1 atom stereocenters.